The van der Waals surface area contributed by atoms with Gasteiger partial charge in [-0.15, -0.1) is 6.58 Å². The normalized spacial score (nSPS) is 10.3. The summed E-state index contributed by atoms with van der Waals surface area (Å²) in [5.41, 5.74) is 5.43. The minimum atomic E-state index is 0.948. The van der Waals surface area contributed by atoms with Crippen LogP contribution < -0.4 is 0 Å². The van der Waals surface area contributed by atoms with Crippen molar-refractivity contribution in [2.75, 3.05) is 0 Å². The van der Waals surface area contributed by atoms with Crippen LogP contribution in [0.4, 0.5) is 0 Å². The fourth-order valence-electron chi connectivity index (χ4n) is 2.16. The van der Waals surface area contributed by atoms with E-state index in [1.54, 1.807) is 0 Å². The highest BCUT2D eigenvalue weighted by molar-refractivity contribution is 5.32. The van der Waals surface area contributed by atoms with Crippen molar-refractivity contribution in [1.82, 2.24) is 4.98 Å². The van der Waals surface area contributed by atoms with Gasteiger partial charge in [0.25, 0.3) is 0 Å². The standard InChI is InChI=1S/C17H19N/c1-3-5-15-7-9-17(14(2)12-15)10-8-16-6-4-11-18-13-16/h3-4,6-7,9,11-13H,1,5,8,10H2,2H3. The molecule has 0 saturated carbocycles. The summed E-state index contributed by atoms with van der Waals surface area (Å²) in [6, 6.07) is 10.8. The lowest BCUT2D eigenvalue weighted by Gasteiger charge is -2.07. The topological polar surface area (TPSA) is 12.9 Å². The van der Waals surface area contributed by atoms with E-state index >= 15 is 0 Å². The van der Waals surface area contributed by atoms with Crippen molar-refractivity contribution in [3.05, 3.63) is 77.6 Å². The second-order valence-corrected chi connectivity index (χ2v) is 4.61. The van der Waals surface area contributed by atoms with Gasteiger partial charge in [-0.1, -0.05) is 30.3 Å². The molecule has 0 radical (unpaired) electrons. The highest BCUT2D eigenvalue weighted by atomic mass is 14.6. The molecule has 1 aromatic heterocycles. The quantitative estimate of drug-likeness (QED) is 0.719. The van der Waals surface area contributed by atoms with Crippen LogP contribution in [0, 0.1) is 6.92 Å². The van der Waals surface area contributed by atoms with Crippen LogP contribution in [0.5, 0.6) is 0 Å². The largest absolute Gasteiger partial charge is 0.264 e. The van der Waals surface area contributed by atoms with Crippen molar-refractivity contribution in [2.24, 2.45) is 0 Å². The minimum Gasteiger partial charge on any atom is -0.264 e. The van der Waals surface area contributed by atoms with E-state index < -0.39 is 0 Å². The molecule has 1 heteroatoms. The second-order valence-electron chi connectivity index (χ2n) is 4.61. The van der Waals surface area contributed by atoms with Crippen LogP contribution in [-0.4, -0.2) is 4.98 Å². The summed E-state index contributed by atoms with van der Waals surface area (Å²) >= 11 is 0. The third kappa shape index (κ3) is 3.30. The maximum absolute atomic E-state index is 4.15. The predicted octanol–water partition coefficient (Wildman–Crippen LogP) is 3.90. The Bertz CT molecular complexity index is 514. The third-order valence-electron chi connectivity index (χ3n) is 3.19. The van der Waals surface area contributed by atoms with Gasteiger partial charge < -0.3 is 0 Å². The number of aromatic nitrogens is 1. The van der Waals surface area contributed by atoms with Crippen molar-refractivity contribution in [1.29, 1.82) is 0 Å². The van der Waals surface area contributed by atoms with E-state index in [9.17, 15) is 0 Å². The lowest BCUT2D eigenvalue weighted by atomic mass is 9.98. The summed E-state index contributed by atoms with van der Waals surface area (Å²) < 4.78 is 0. The number of hydrogen-bond donors (Lipinski definition) is 0. The van der Waals surface area contributed by atoms with Gasteiger partial charge in [-0.3, -0.25) is 4.98 Å². The second kappa shape index (κ2) is 6.15. The first-order valence-corrected chi connectivity index (χ1v) is 6.38. The fourth-order valence-corrected chi connectivity index (χ4v) is 2.16. The van der Waals surface area contributed by atoms with E-state index in [4.69, 9.17) is 0 Å². The molecular weight excluding hydrogens is 218 g/mol. The summed E-state index contributed by atoms with van der Waals surface area (Å²) in [5, 5.41) is 0. The predicted molar refractivity (Wildman–Crippen MR) is 76.7 cm³/mol. The molecule has 0 saturated heterocycles. The summed E-state index contributed by atoms with van der Waals surface area (Å²) in [6.45, 7) is 5.96. The molecule has 0 bridgehead atoms. The van der Waals surface area contributed by atoms with Gasteiger partial charge in [0.2, 0.25) is 0 Å². The lowest BCUT2D eigenvalue weighted by Crippen LogP contribution is -1.95. The van der Waals surface area contributed by atoms with Crippen LogP contribution in [0.1, 0.15) is 22.3 Å². The molecule has 0 spiro atoms. The fraction of sp³-hybridized carbons (Fsp3) is 0.235. The van der Waals surface area contributed by atoms with Gasteiger partial charge in [0.1, 0.15) is 0 Å². The van der Waals surface area contributed by atoms with E-state index in [1.807, 2.05) is 24.5 Å². The van der Waals surface area contributed by atoms with Crippen molar-refractivity contribution < 1.29 is 0 Å². The molecule has 0 aliphatic rings. The molecule has 92 valence electrons. The van der Waals surface area contributed by atoms with Crippen molar-refractivity contribution >= 4 is 0 Å². The molecule has 2 aromatic rings. The van der Waals surface area contributed by atoms with Gasteiger partial charge in [-0.25, -0.2) is 0 Å². The van der Waals surface area contributed by atoms with Gasteiger partial charge >= 0.3 is 0 Å². The molecule has 1 heterocycles. The van der Waals surface area contributed by atoms with Gasteiger partial charge in [0.15, 0.2) is 0 Å². The molecular formula is C17H19N. The number of nitrogens with zero attached hydrogens (tertiary/aromatic N) is 1. The van der Waals surface area contributed by atoms with Crippen LogP contribution in [-0.2, 0) is 19.3 Å². The van der Waals surface area contributed by atoms with Crippen LogP contribution in [0.3, 0.4) is 0 Å². The summed E-state index contributed by atoms with van der Waals surface area (Å²) in [7, 11) is 0. The first kappa shape index (κ1) is 12.6. The first-order valence-electron chi connectivity index (χ1n) is 6.38. The molecule has 0 N–H and O–H groups in total. The Balaban J connectivity index is 2.03. The highest BCUT2D eigenvalue weighted by Gasteiger charge is 2.01. The lowest BCUT2D eigenvalue weighted by molar-refractivity contribution is 0.938. The molecule has 0 aliphatic heterocycles. The molecule has 0 aliphatic carbocycles. The van der Waals surface area contributed by atoms with E-state index in [-0.39, 0.29) is 0 Å². The Morgan fingerprint density at radius 2 is 2.06 bits per heavy atom. The smallest absolute Gasteiger partial charge is 0.0299 e. The number of benzene rings is 1. The van der Waals surface area contributed by atoms with Crippen LogP contribution in [0.15, 0.2) is 55.4 Å². The van der Waals surface area contributed by atoms with Gasteiger partial charge in [-0.2, -0.15) is 0 Å². The average Bonchev–Trinajstić information content (AvgIpc) is 2.39. The van der Waals surface area contributed by atoms with Crippen molar-refractivity contribution in [3.8, 4) is 0 Å². The summed E-state index contributed by atoms with van der Waals surface area (Å²) in [5.74, 6) is 0. The molecule has 1 aromatic carbocycles. The Morgan fingerprint density at radius 3 is 2.72 bits per heavy atom. The van der Waals surface area contributed by atoms with Crippen molar-refractivity contribution in [2.45, 2.75) is 26.2 Å². The number of pyridine rings is 1. The number of aryl methyl sites for hydroxylation is 3. The van der Waals surface area contributed by atoms with Crippen LogP contribution >= 0.6 is 0 Å². The Kier molecular flexibility index (Phi) is 4.30. The number of rotatable bonds is 5. The molecule has 0 fully saturated rings. The van der Waals surface area contributed by atoms with Crippen molar-refractivity contribution in [3.63, 3.8) is 0 Å². The van der Waals surface area contributed by atoms with E-state index in [0.29, 0.717) is 0 Å². The van der Waals surface area contributed by atoms with Gasteiger partial charge in [0.05, 0.1) is 0 Å². The highest BCUT2D eigenvalue weighted by Crippen LogP contribution is 2.14. The monoisotopic (exact) mass is 237 g/mol. The third-order valence-corrected chi connectivity index (χ3v) is 3.19. The summed E-state index contributed by atoms with van der Waals surface area (Å²) in [6.07, 6.45) is 8.79. The average molecular weight is 237 g/mol. The van der Waals surface area contributed by atoms with Crippen LogP contribution in [0.2, 0.25) is 0 Å². The molecule has 18 heavy (non-hydrogen) atoms. The van der Waals surface area contributed by atoms with E-state index in [0.717, 1.165) is 19.3 Å². The minimum absolute atomic E-state index is 0.948. The van der Waals surface area contributed by atoms with E-state index in [2.05, 4.69) is 42.8 Å². The maximum atomic E-state index is 4.15. The maximum Gasteiger partial charge on any atom is 0.0299 e. The Labute approximate surface area is 109 Å². The molecule has 0 unspecified atom stereocenters. The van der Waals surface area contributed by atoms with Crippen LogP contribution in [0.25, 0.3) is 0 Å². The Morgan fingerprint density at radius 1 is 1.17 bits per heavy atom. The molecule has 0 amide bonds. The zero-order valence-corrected chi connectivity index (χ0v) is 10.9. The van der Waals surface area contributed by atoms with Gasteiger partial charge in [0, 0.05) is 12.4 Å². The first-order chi connectivity index (χ1) is 8.79. The summed E-state index contributed by atoms with van der Waals surface area (Å²) in [4.78, 5) is 4.15. The zero-order chi connectivity index (χ0) is 12.8. The molecule has 2 rings (SSSR count). The SMILES string of the molecule is C=CCc1ccc(CCc2cccnc2)c(C)c1. The Hall–Kier alpha value is -1.89. The number of hydrogen-bond acceptors (Lipinski definition) is 1. The number of allylic oxidation sites excluding steroid dienone is 1. The van der Waals surface area contributed by atoms with E-state index in [1.165, 1.54) is 22.3 Å². The van der Waals surface area contributed by atoms with Gasteiger partial charge in [-0.05, 0) is 54.5 Å². The molecule has 1 nitrogen and oxygen atoms in total. The zero-order valence-electron chi connectivity index (χ0n) is 10.9. The molecule has 0 atom stereocenters.